The molecule has 0 atom stereocenters. The number of guanidine groups is 1. The number of nitrogens with one attached hydrogen (secondary N) is 2. The van der Waals surface area contributed by atoms with Crippen molar-refractivity contribution in [2.75, 3.05) is 26.8 Å². The van der Waals surface area contributed by atoms with Gasteiger partial charge in [0.05, 0.1) is 0 Å². The van der Waals surface area contributed by atoms with Crippen molar-refractivity contribution in [2.24, 2.45) is 18.0 Å². The summed E-state index contributed by atoms with van der Waals surface area (Å²) in [6, 6.07) is 0. The van der Waals surface area contributed by atoms with E-state index in [0.717, 1.165) is 49.6 Å². The summed E-state index contributed by atoms with van der Waals surface area (Å²) < 4.78 is 7.08. The molecule has 2 rings (SSSR count). The first-order valence-electron chi connectivity index (χ1n) is 9.56. The molecule has 2 N–H and O–H groups in total. The van der Waals surface area contributed by atoms with Crippen LogP contribution < -0.4 is 10.6 Å². The Morgan fingerprint density at radius 1 is 1.20 bits per heavy atom. The van der Waals surface area contributed by atoms with E-state index in [1.165, 1.54) is 38.5 Å². The van der Waals surface area contributed by atoms with Gasteiger partial charge in [-0.05, 0) is 32.1 Å². The Hall–Kier alpha value is -1.63. The maximum Gasteiger partial charge on any atom is 0.191 e. The highest BCUT2D eigenvalue weighted by Gasteiger charge is 2.14. The molecule has 7 heteroatoms. The van der Waals surface area contributed by atoms with Crippen LogP contribution in [0.15, 0.2) is 4.99 Å². The molecule has 1 heterocycles. The lowest BCUT2D eigenvalue weighted by molar-refractivity contribution is 0.195. The van der Waals surface area contributed by atoms with E-state index < -0.39 is 0 Å². The number of aromatic nitrogens is 3. The molecular formula is C18H34N6O. The highest BCUT2D eigenvalue weighted by molar-refractivity contribution is 5.79. The monoisotopic (exact) mass is 350 g/mol. The number of methoxy groups -OCH3 is 1. The second kappa shape index (κ2) is 11.1. The molecule has 0 unspecified atom stereocenters. The molecule has 0 bridgehead atoms. The van der Waals surface area contributed by atoms with E-state index in [1.54, 1.807) is 7.11 Å². The number of hydrogen-bond donors (Lipinski definition) is 2. The molecule has 25 heavy (non-hydrogen) atoms. The first kappa shape index (κ1) is 19.7. The van der Waals surface area contributed by atoms with Crippen molar-refractivity contribution in [1.29, 1.82) is 0 Å². The first-order chi connectivity index (χ1) is 12.2. The van der Waals surface area contributed by atoms with E-state index in [2.05, 4.69) is 25.8 Å². The molecule has 0 amide bonds. The second-order valence-electron chi connectivity index (χ2n) is 6.88. The van der Waals surface area contributed by atoms with Gasteiger partial charge in [-0.25, -0.2) is 4.99 Å². The van der Waals surface area contributed by atoms with Crippen LogP contribution in [0.1, 0.15) is 56.6 Å². The van der Waals surface area contributed by atoms with E-state index in [9.17, 15) is 0 Å². The number of nitrogens with zero attached hydrogens (tertiary/aromatic N) is 4. The van der Waals surface area contributed by atoms with Crippen molar-refractivity contribution in [3.8, 4) is 0 Å². The predicted octanol–water partition coefficient (Wildman–Crippen LogP) is 2.17. The zero-order valence-corrected chi connectivity index (χ0v) is 16.1. The minimum Gasteiger partial charge on any atom is -0.385 e. The third kappa shape index (κ3) is 7.02. The van der Waals surface area contributed by atoms with Crippen LogP contribution in [-0.2, 0) is 18.3 Å². The second-order valence-corrected chi connectivity index (χ2v) is 6.88. The zero-order chi connectivity index (χ0) is 17.9. The van der Waals surface area contributed by atoms with Crippen molar-refractivity contribution in [3.63, 3.8) is 0 Å². The van der Waals surface area contributed by atoms with Gasteiger partial charge in [-0.1, -0.05) is 25.7 Å². The Labute approximate surface area is 151 Å². The minimum absolute atomic E-state index is 0.527. The molecule has 1 fully saturated rings. The molecule has 1 aliphatic carbocycles. The lowest BCUT2D eigenvalue weighted by Crippen LogP contribution is -2.38. The van der Waals surface area contributed by atoms with Gasteiger partial charge in [0.15, 0.2) is 11.8 Å². The minimum atomic E-state index is 0.527. The summed E-state index contributed by atoms with van der Waals surface area (Å²) >= 11 is 0. The number of ether oxygens (including phenoxy) is 1. The van der Waals surface area contributed by atoms with E-state index in [-0.39, 0.29) is 0 Å². The maximum atomic E-state index is 5.11. The van der Waals surface area contributed by atoms with Crippen LogP contribution in [0.3, 0.4) is 0 Å². The lowest BCUT2D eigenvalue weighted by atomic mass is 10.0. The Morgan fingerprint density at radius 2 is 1.92 bits per heavy atom. The van der Waals surface area contributed by atoms with Crippen molar-refractivity contribution in [1.82, 2.24) is 25.4 Å². The molecule has 1 aromatic rings. The van der Waals surface area contributed by atoms with Crippen molar-refractivity contribution in [3.05, 3.63) is 11.6 Å². The summed E-state index contributed by atoms with van der Waals surface area (Å²) in [5.41, 5.74) is 0. The number of aliphatic imine (C=N–C) groups is 1. The molecular weight excluding hydrogens is 316 g/mol. The van der Waals surface area contributed by atoms with Gasteiger partial charge in [0.25, 0.3) is 0 Å². The van der Waals surface area contributed by atoms with Gasteiger partial charge in [-0.15, -0.1) is 10.2 Å². The van der Waals surface area contributed by atoms with Crippen molar-refractivity contribution < 1.29 is 4.74 Å². The van der Waals surface area contributed by atoms with Gasteiger partial charge < -0.3 is 19.9 Å². The number of rotatable bonds is 10. The summed E-state index contributed by atoms with van der Waals surface area (Å²) in [5, 5.41) is 15.1. The third-order valence-corrected chi connectivity index (χ3v) is 4.94. The molecule has 0 saturated heterocycles. The topological polar surface area (TPSA) is 76.4 Å². The summed E-state index contributed by atoms with van der Waals surface area (Å²) in [5.74, 6) is 3.58. The average Bonchev–Trinajstić information content (AvgIpc) is 3.24. The highest BCUT2D eigenvalue weighted by atomic mass is 16.5. The maximum absolute atomic E-state index is 5.11. The Balaban J connectivity index is 1.78. The van der Waals surface area contributed by atoms with Crippen LogP contribution in [0.25, 0.3) is 0 Å². The summed E-state index contributed by atoms with van der Waals surface area (Å²) in [6.07, 6.45) is 9.16. The molecule has 0 radical (unpaired) electrons. The number of aryl methyl sites for hydroxylation is 1. The number of hydrogen-bond acceptors (Lipinski definition) is 4. The van der Waals surface area contributed by atoms with Crippen molar-refractivity contribution >= 4 is 5.96 Å². The van der Waals surface area contributed by atoms with E-state index in [1.807, 2.05) is 18.5 Å². The first-order valence-corrected chi connectivity index (χ1v) is 9.56. The molecule has 1 aromatic heterocycles. The van der Waals surface area contributed by atoms with E-state index >= 15 is 0 Å². The van der Waals surface area contributed by atoms with Crippen LogP contribution in [0, 0.1) is 12.8 Å². The standard InChI is InChI=1S/C18H34N6O/c1-15-22-23-17(24(15)2)14-21-18(20-12-7-13-25-3)19-11-6-10-16-8-4-5-9-16/h16H,4-14H2,1-3H3,(H2,19,20,21). The van der Waals surface area contributed by atoms with Gasteiger partial charge in [0.1, 0.15) is 12.4 Å². The molecule has 1 saturated carbocycles. The quantitative estimate of drug-likeness (QED) is 0.384. The Bertz CT molecular complexity index is 522. The summed E-state index contributed by atoms with van der Waals surface area (Å²) in [4.78, 5) is 4.67. The normalized spacial score (nSPS) is 15.7. The Kier molecular flexibility index (Phi) is 8.72. The van der Waals surface area contributed by atoms with E-state index in [0.29, 0.717) is 6.54 Å². The van der Waals surface area contributed by atoms with Gasteiger partial charge in [0, 0.05) is 33.9 Å². The van der Waals surface area contributed by atoms with Crippen LogP contribution in [0.2, 0.25) is 0 Å². The Morgan fingerprint density at radius 3 is 2.56 bits per heavy atom. The van der Waals surface area contributed by atoms with Crippen LogP contribution in [-0.4, -0.2) is 47.5 Å². The summed E-state index contributed by atoms with van der Waals surface area (Å²) in [6.45, 7) is 5.04. The smallest absolute Gasteiger partial charge is 0.191 e. The van der Waals surface area contributed by atoms with Gasteiger partial charge >= 0.3 is 0 Å². The molecule has 7 nitrogen and oxygen atoms in total. The van der Waals surface area contributed by atoms with Gasteiger partial charge in [0.2, 0.25) is 0 Å². The third-order valence-electron chi connectivity index (χ3n) is 4.94. The van der Waals surface area contributed by atoms with Crippen molar-refractivity contribution in [2.45, 2.75) is 58.4 Å². The fraction of sp³-hybridized carbons (Fsp3) is 0.833. The zero-order valence-electron chi connectivity index (χ0n) is 16.1. The predicted molar refractivity (Wildman–Crippen MR) is 101 cm³/mol. The SMILES string of the molecule is COCCCNC(=NCc1nnc(C)n1C)NCCCC1CCCC1. The molecule has 1 aliphatic rings. The molecule has 0 spiro atoms. The van der Waals surface area contributed by atoms with Gasteiger partial charge in [-0.3, -0.25) is 0 Å². The fourth-order valence-corrected chi connectivity index (χ4v) is 3.23. The van der Waals surface area contributed by atoms with Crippen LogP contribution >= 0.6 is 0 Å². The molecule has 142 valence electrons. The molecule has 0 aliphatic heterocycles. The highest BCUT2D eigenvalue weighted by Crippen LogP contribution is 2.28. The van der Waals surface area contributed by atoms with Crippen LogP contribution in [0.5, 0.6) is 0 Å². The largest absolute Gasteiger partial charge is 0.385 e. The van der Waals surface area contributed by atoms with Gasteiger partial charge in [-0.2, -0.15) is 0 Å². The van der Waals surface area contributed by atoms with E-state index in [4.69, 9.17) is 4.74 Å². The molecule has 0 aromatic carbocycles. The average molecular weight is 351 g/mol. The van der Waals surface area contributed by atoms with Crippen LogP contribution in [0.4, 0.5) is 0 Å². The fourth-order valence-electron chi connectivity index (χ4n) is 3.23. The lowest BCUT2D eigenvalue weighted by Gasteiger charge is -2.14. The summed E-state index contributed by atoms with van der Waals surface area (Å²) in [7, 11) is 3.70.